The Morgan fingerprint density at radius 2 is 2.41 bits per heavy atom. The Hall–Kier alpha value is -1.36. The molecule has 1 aliphatic rings. The highest BCUT2D eigenvalue weighted by Gasteiger charge is 2.21. The predicted octanol–water partition coefficient (Wildman–Crippen LogP) is 1.45. The minimum Gasteiger partial charge on any atom is -0.382 e. The lowest BCUT2D eigenvalue weighted by Gasteiger charge is -2.33. The van der Waals surface area contributed by atoms with Crippen LogP contribution in [0.25, 0.3) is 0 Å². The quantitative estimate of drug-likeness (QED) is 0.857. The third-order valence-electron chi connectivity index (χ3n) is 2.90. The second kappa shape index (κ2) is 5.82. The molecule has 1 aromatic rings. The van der Waals surface area contributed by atoms with E-state index in [2.05, 4.69) is 21.8 Å². The number of hydrogen-bond donors (Lipinski definition) is 1. The van der Waals surface area contributed by atoms with E-state index in [0.29, 0.717) is 11.9 Å². The van der Waals surface area contributed by atoms with Gasteiger partial charge in [-0.05, 0) is 19.3 Å². The van der Waals surface area contributed by atoms with Crippen LogP contribution in [0.15, 0.2) is 12.4 Å². The minimum absolute atomic E-state index is 0.312. The fourth-order valence-corrected chi connectivity index (χ4v) is 2.09. The average Bonchev–Trinajstić information content (AvgIpc) is 2.37. The largest absolute Gasteiger partial charge is 0.382 e. The number of ether oxygens (including phenoxy) is 1. The van der Waals surface area contributed by atoms with Crippen molar-refractivity contribution in [3.63, 3.8) is 0 Å². The molecule has 2 rings (SSSR count). The molecule has 2 heterocycles. The number of hydrogen-bond acceptors (Lipinski definition) is 5. The van der Waals surface area contributed by atoms with Crippen LogP contribution in [-0.2, 0) is 4.74 Å². The van der Waals surface area contributed by atoms with Gasteiger partial charge >= 0.3 is 0 Å². The van der Waals surface area contributed by atoms with E-state index in [1.54, 1.807) is 12.4 Å². The zero-order valence-corrected chi connectivity index (χ0v) is 10.3. The highest BCUT2D eigenvalue weighted by atomic mass is 16.5. The zero-order valence-electron chi connectivity index (χ0n) is 10.3. The number of piperidine rings is 1. The van der Waals surface area contributed by atoms with Crippen molar-refractivity contribution in [1.82, 2.24) is 9.97 Å². The normalized spacial score (nSPS) is 20.5. The van der Waals surface area contributed by atoms with Crippen molar-refractivity contribution in [3.8, 4) is 0 Å². The maximum absolute atomic E-state index is 5.79. The molecule has 0 amide bonds. The Balaban J connectivity index is 1.97. The maximum Gasteiger partial charge on any atom is 0.149 e. The number of nitrogens with zero attached hydrogens (tertiary/aromatic N) is 3. The van der Waals surface area contributed by atoms with Gasteiger partial charge < -0.3 is 15.4 Å². The molecule has 94 valence electrons. The maximum atomic E-state index is 5.79. The Bertz CT molecular complexity index is 358. The molecule has 0 bridgehead atoms. The van der Waals surface area contributed by atoms with E-state index in [1.165, 1.54) is 0 Å². The summed E-state index contributed by atoms with van der Waals surface area (Å²) in [5.41, 5.74) is 5.65. The lowest BCUT2D eigenvalue weighted by Crippen LogP contribution is -2.40. The van der Waals surface area contributed by atoms with Crippen LogP contribution in [0, 0.1) is 0 Å². The highest BCUT2D eigenvalue weighted by molar-refractivity contribution is 5.41. The van der Waals surface area contributed by atoms with Crippen LogP contribution >= 0.6 is 0 Å². The van der Waals surface area contributed by atoms with Crippen LogP contribution in [0.1, 0.15) is 26.2 Å². The van der Waals surface area contributed by atoms with E-state index < -0.39 is 0 Å². The number of anilines is 2. The van der Waals surface area contributed by atoms with Crippen molar-refractivity contribution in [3.05, 3.63) is 12.4 Å². The van der Waals surface area contributed by atoms with Crippen molar-refractivity contribution >= 4 is 11.6 Å². The highest BCUT2D eigenvalue weighted by Crippen LogP contribution is 2.19. The molecule has 1 aliphatic heterocycles. The number of aromatic nitrogens is 2. The van der Waals surface area contributed by atoms with E-state index in [4.69, 9.17) is 10.5 Å². The van der Waals surface area contributed by atoms with Gasteiger partial charge in [-0.3, -0.25) is 4.98 Å². The molecule has 1 aromatic heterocycles. The fourth-order valence-electron chi connectivity index (χ4n) is 2.09. The smallest absolute Gasteiger partial charge is 0.149 e. The third kappa shape index (κ3) is 3.30. The first kappa shape index (κ1) is 12.1. The molecule has 5 heteroatoms. The molecule has 0 saturated carbocycles. The van der Waals surface area contributed by atoms with E-state index in [0.717, 1.165) is 44.8 Å². The van der Waals surface area contributed by atoms with E-state index in [1.807, 2.05) is 0 Å². The summed E-state index contributed by atoms with van der Waals surface area (Å²) >= 11 is 0. The molecular weight excluding hydrogens is 216 g/mol. The molecule has 5 nitrogen and oxygen atoms in total. The van der Waals surface area contributed by atoms with Gasteiger partial charge in [0.15, 0.2) is 0 Å². The van der Waals surface area contributed by atoms with E-state index in [9.17, 15) is 0 Å². The van der Waals surface area contributed by atoms with Gasteiger partial charge in [-0.2, -0.15) is 0 Å². The molecule has 1 saturated heterocycles. The molecule has 2 N–H and O–H groups in total. The Labute approximate surface area is 102 Å². The van der Waals surface area contributed by atoms with Crippen LogP contribution in [0.5, 0.6) is 0 Å². The molecule has 1 atom stereocenters. The lowest BCUT2D eigenvalue weighted by atomic mass is 10.1. The van der Waals surface area contributed by atoms with Gasteiger partial charge in [0, 0.05) is 19.7 Å². The predicted molar refractivity (Wildman–Crippen MR) is 67.9 cm³/mol. The van der Waals surface area contributed by atoms with Crippen LogP contribution in [0.4, 0.5) is 11.6 Å². The van der Waals surface area contributed by atoms with Gasteiger partial charge in [0.05, 0.1) is 18.5 Å². The summed E-state index contributed by atoms with van der Waals surface area (Å²) in [5, 5.41) is 0. The molecule has 17 heavy (non-hydrogen) atoms. The molecule has 0 radical (unpaired) electrons. The first-order valence-electron chi connectivity index (χ1n) is 6.23. The number of nitrogens with two attached hydrogens (primary N) is 1. The first-order valence-corrected chi connectivity index (χ1v) is 6.23. The zero-order chi connectivity index (χ0) is 12.1. The van der Waals surface area contributed by atoms with Gasteiger partial charge in [0.25, 0.3) is 0 Å². The van der Waals surface area contributed by atoms with Gasteiger partial charge in [0.2, 0.25) is 0 Å². The summed E-state index contributed by atoms with van der Waals surface area (Å²) in [5.74, 6) is 1.33. The first-order chi connectivity index (χ1) is 8.29. The lowest BCUT2D eigenvalue weighted by molar-refractivity contribution is 0.0439. The van der Waals surface area contributed by atoms with Crippen LogP contribution < -0.4 is 10.6 Å². The van der Waals surface area contributed by atoms with Gasteiger partial charge in [-0.1, -0.05) is 6.92 Å². The van der Waals surface area contributed by atoms with Crippen molar-refractivity contribution in [1.29, 1.82) is 0 Å². The Morgan fingerprint density at radius 3 is 3.18 bits per heavy atom. The summed E-state index contributed by atoms with van der Waals surface area (Å²) in [6.07, 6.45) is 6.97. The molecule has 1 fully saturated rings. The number of nitrogen functional groups attached to an aromatic ring is 1. The monoisotopic (exact) mass is 236 g/mol. The van der Waals surface area contributed by atoms with E-state index >= 15 is 0 Å². The van der Waals surface area contributed by atoms with Crippen molar-refractivity contribution in [2.45, 2.75) is 32.3 Å². The topological polar surface area (TPSA) is 64.3 Å². The second-order valence-electron chi connectivity index (χ2n) is 4.38. The van der Waals surface area contributed by atoms with Crippen molar-refractivity contribution in [2.24, 2.45) is 0 Å². The summed E-state index contributed by atoms with van der Waals surface area (Å²) < 4.78 is 5.79. The Kier molecular flexibility index (Phi) is 4.14. The second-order valence-corrected chi connectivity index (χ2v) is 4.38. The molecule has 0 aromatic carbocycles. The van der Waals surface area contributed by atoms with Crippen molar-refractivity contribution in [2.75, 3.05) is 30.3 Å². The molecule has 0 spiro atoms. The summed E-state index contributed by atoms with van der Waals surface area (Å²) in [6.45, 7) is 4.85. The van der Waals surface area contributed by atoms with Crippen molar-refractivity contribution < 1.29 is 4.74 Å². The summed E-state index contributed by atoms with van der Waals surface area (Å²) in [6, 6.07) is 0. The summed E-state index contributed by atoms with van der Waals surface area (Å²) in [7, 11) is 0. The minimum atomic E-state index is 0.312. The molecule has 1 unspecified atom stereocenters. The van der Waals surface area contributed by atoms with Crippen LogP contribution in [0.3, 0.4) is 0 Å². The van der Waals surface area contributed by atoms with E-state index in [-0.39, 0.29) is 0 Å². The van der Waals surface area contributed by atoms with Crippen LogP contribution in [0.2, 0.25) is 0 Å². The number of rotatable bonds is 4. The van der Waals surface area contributed by atoms with Gasteiger partial charge in [-0.15, -0.1) is 0 Å². The Morgan fingerprint density at radius 1 is 1.53 bits per heavy atom. The summed E-state index contributed by atoms with van der Waals surface area (Å²) in [4.78, 5) is 10.6. The standard InChI is InChI=1S/C12H20N4O/c1-2-6-17-10-4-3-5-16(9-10)12-8-14-7-11(13)15-12/h7-8,10H,2-6,9H2,1H3,(H2,13,15). The van der Waals surface area contributed by atoms with Crippen LogP contribution in [-0.4, -0.2) is 35.8 Å². The third-order valence-corrected chi connectivity index (χ3v) is 2.90. The molecule has 0 aliphatic carbocycles. The fraction of sp³-hybridized carbons (Fsp3) is 0.667. The average molecular weight is 236 g/mol. The van der Waals surface area contributed by atoms with Gasteiger partial charge in [0.1, 0.15) is 11.6 Å². The SMILES string of the molecule is CCCOC1CCCN(c2cncc(N)n2)C1. The van der Waals surface area contributed by atoms with Gasteiger partial charge in [-0.25, -0.2) is 4.98 Å². The molecular formula is C12H20N4O.